The Labute approximate surface area is 147 Å². The Balaban J connectivity index is 1.92. The number of aromatic nitrogens is 3. The van der Waals surface area contributed by atoms with Gasteiger partial charge in [-0.15, -0.1) is 0 Å². The Hall–Kier alpha value is -2.05. The van der Waals surface area contributed by atoms with Gasteiger partial charge < -0.3 is 5.32 Å². The third-order valence-corrected chi connectivity index (χ3v) is 4.51. The minimum Gasteiger partial charge on any atom is -0.340 e. The first-order chi connectivity index (χ1) is 11.4. The van der Waals surface area contributed by atoms with Crippen LogP contribution in [0.5, 0.6) is 0 Å². The van der Waals surface area contributed by atoms with E-state index in [-0.39, 0.29) is 0 Å². The smallest absolute Gasteiger partial charge is 0.161 e. The summed E-state index contributed by atoms with van der Waals surface area (Å²) in [5, 5.41) is 7.97. The van der Waals surface area contributed by atoms with E-state index in [0.29, 0.717) is 5.92 Å². The van der Waals surface area contributed by atoms with Crippen LogP contribution in [0.3, 0.4) is 0 Å². The van der Waals surface area contributed by atoms with Gasteiger partial charge in [0.15, 0.2) is 5.65 Å². The third-order valence-electron chi connectivity index (χ3n) is 3.66. The number of benzene rings is 1. The summed E-state index contributed by atoms with van der Waals surface area (Å²) < 4.78 is 3.96. The summed E-state index contributed by atoms with van der Waals surface area (Å²) in [5.41, 5.74) is 4.10. The number of anilines is 2. The second-order valence-electron chi connectivity index (χ2n) is 6.33. The number of nitrogens with zero attached hydrogens (tertiary/aromatic N) is 4. The maximum absolute atomic E-state index is 4.66. The Bertz CT molecular complexity index is 836. The zero-order valence-corrected chi connectivity index (χ0v) is 15.6. The maximum Gasteiger partial charge on any atom is 0.161 e. The van der Waals surface area contributed by atoms with Gasteiger partial charge in [0, 0.05) is 27.9 Å². The monoisotopic (exact) mass is 341 g/mol. The zero-order valence-electron chi connectivity index (χ0n) is 14.7. The second kappa shape index (κ2) is 6.83. The van der Waals surface area contributed by atoms with E-state index >= 15 is 0 Å². The molecule has 3 aromatic rings. The van der Waals surface area contributed by atoms with Crippen molar-refractivity contribution in [1.29, 1.82) is 0 Å². The van der Waals surface area contributed by atoms with Crippen LogP contribution in [0.2, 0.25) is 0 Å². The number of hydrogen-bond acceptors (Lipinski definition) is 5. The van der Waals surface area contributed by atoms with E-state index in [2.05, 4.69) is 57.8 Å². The number of aryl methyl sites for hydroxylation is 1. The Kier molecular flexibility index (Phi) is 4.78. The van der Waals surface area contributed by atoms with Crippen LogP contribution >= 0.6 is 11.9 Å². The minimum absolute atomic E-state index is 0.395. The number of rotatable bonds is 5. The number of nitrogens with one attached hydrogen (secondary N) is 1. The van der Waals surface area contributed by atoms with E-state index < -0.39 is 0 Å². The van der Waals surface area contributed by atoms with Crippen molar-refractivity contribution in [2.24, 2.45) is 0 Å². The van der Waals surface area contributed by atoms with E-state index in [0.717, 1.165) is 22.8 Å². The van der Waals surface area contributed by atoms with Crippen LogP contribution in [0.1, 0.15) is 31.0 Å². The van der Waals surface area contributed by atoms with Gasteiger partial charge >= 0.3 is 0 Å². The molecule has 0 atom stereocenters. The van der Waals surface area contributed by atoms with Crippen molar-refractivity contribution >= 4 is 29.1 Å². The van der Waals surface area contributed by atoms with Crippen LogP contribution in [0, 0.1) is 6.92 Å². The fraction of sp³-hybridized carbons (Fsp3) is 0.333. The summed E-state index contributed by atoms with van der Waals surface area (Å²) in [6.07, 6.45) is 1.91. The lowest BCUT2D eigenvalue weighted by Crippen LogP contribution is -2.03. The molecule has 5 nitrogen and oxygen atoms in total. The molecular formula is C18H23N5S. The highest BCUT2D eigenvalue weighted by Gasteiger charge is 2.13. The molecule has 126 valence electrons. The van der Waals surface area contributed by atoms with Crippen molar-refractivity contribution in [3.8, 4) is 0 Å². The fourth-order valence-corrected chi connectivity index (χ4v) is 3.23. The summed E-state index contributed by atoms with van der Waals surface area (Å²) in [5.74, 6) is 1.32. The average molecular weight is 341 g/mol. The molecule has 1 N–H and O–H groups in total. The van der Waals surface area contributed by atoms with Gasteiger partial charge in [-0.2, -0.15) is 9.61 Å². The fourth-order valence-electron chi connectivity index (χ4n) is 2.56. The standard InChI is InChI=1S/C18H23N5S/c1-12(2)16-11-19-23-17(10-13(3)20-18(16)23)21-14-6-8-15(9-7-14)24-22(4)5/h6-12,21H,1-5H3. The van der Waals surface area contributed by atoms with Gasteiger partial charge in [0.1, 0.15) is 5.82 Å². The molecule has 0 unspecified atom stereocenters. The van der Waals surface area contributed by atoms with Crippen LogP contribution in [0.25, 0.3) is 5.65 Å². The van der Waals surface area contributed by atoms with Gasteiger partial charge in [0.05, 0.1) is 6.20 Å². The molecule has 1 aromatic carbocycles. The molecule has 3 rings (SSSR count). The molecule has 2 aromatic heterocycles. The molecule has 0 aliphatic carbocycles. The highest BCUT2D eigenvalue weighted by atomic mass is 32.2. The van der Waals surface area contributed by atoms with Crippen LogP contribution < -0.4 is 5.32 Å². The predicted molar refractivity (Wildman–Crippen MR) is 101 cm³/mol. The van der Waals surface area contributed by atoms with Gasteiger partial charge in [-0.25, -0.2) is 4.98 Å². The lowest BCUT2D eigenvalue weighted by atomic mass is 10.1. The largest absolute Gasteiger partial charge is 0.340 e. The van der Waals surface area contributed by atoms with E-state index in [9.17, 15) is 0 Å². The first kappa shape index (κ1) is 16.8. The number of fused-ring (bicyclic) bond motifs is 1. The quantitative estimate of drug-likeness (QED) is 0.694. The maximum atomic E-state index is 4.66. The Morgan fingerprint density at radius 1 is 1.17 bits per heavy atom. The molecule has 0 fully saturated rings. The molecule has 2 heterocycles. The highest BCUT2D eigenvalue weighted by Crippen LogP contribution is 2.26. The summed E-state index contributed by atoms with van der Waals surface area (Å²) in [6, 6.07) is 10.4. The van der Waals surface area contributed by atoms with Crippen molar-refractivity contribution < 1.29 is 0 Å². The minimum atomic E-state index is 0.395. The molecule has 0 spiro atoms. The van der Waals surface area contributed by atoms with Crippen molar-refractivity contribution in [3.05, 3.63) is 47.8 Å². The zero-order chi connectivity index (χ0) is 17.3. The van der Waals surface area contributed by atoms with E-state index in [1.807, 2.05) is 37.8 Å². The third kappa shape index (κ3) is 3.55. The molecule has 24 heavy (non-hydrogen) atoms. The van der Waals surface area contributed by atoms with Crippen molar-refractivity contribution in [1.82, 2.24) is 18.9 Å². The lowest BCUT2D eigenvalue weighted by Gasteiger charge is -2.12. The summed E-state index contributed by atoms with van der Waals surface area (Å²) in [7, 11) is 4.08. The van der Waals surface area contributed by atoms with Gasteiger partial charge in [-0.1, -0.05) is 13.8 Å². The second-order valence-corrected chi connectivity index (χ2v) is 7.71. The van der Waals surface area contributed by atoms with Gasteiger partial charge in [-0.3, -0.25) is 4.31 Å². The van der Waals surface area contributed by atoms with Crippen molar-refractivity contribution in [2.45, 2.75) is 31.6 Å². The topological polar surface area (TPSA) is 45.5 Å². The normalized spacial score (nSPS) is 11.6. The first-order valence-corrected chi connectivity index (χ1v) is 8.79. The highest BCUT2D eigenvalue weighted by molar-refractivity contribution is 7.97. The molecule has 0 saturated heterocycles. The molecule has 0 bridgehead atoms. The molecule has 0 saturated carbocycles. The lowest BCUT2D eigenvalue weighted by molar-refractivity contribution is 0.702. The van der Waals surface area contributed by atoms with Crippen molar-refractivity contribution in [2.75, 3.05) is 19.4 Å². The van der Waals surface area contributed by atoms with E-state index in [1.54, 1.807) is 11.9 Å². The SMILES string of the molecule is Cc1cc(Nc2ccc(SN(C)C)cc2)n2ncc(C(C)C)c2n1. The Morgan fingerprint density at radius 2 is 1.88 bits per heavy atom. The van der Waals surface area contributed by atoms with E-state index in [4.69, 9.17) is 0 Å². The summed E-state index contributed by atoms with van der Waals surface area (Å²) in [4.78, 5) is 5.87. The molecule has 6 heteroatoms. The van der Waals surface area contributed by atoms with Crippen LogP contribution in [0.4, 0.5) is 11.5 Å². The summed E-state index contributed by atoms with van der Waals surface area (Å²) in [6.45, 7) is 6.34. The predicted octanol–water partition coefficient (Wildman–Crippen LogP) is 4.47. The first-order valence-electron chi connectivity index (χ1n) is 8.01. The molecule has 0 amide bonds. The van der Waals surface area contributed by atoms with Gasteiger partial charge in [-0.05, 0) is 63.2 Å². The summed E-state index contributed by atoms with van der Waals surface area (Å²) >= 11 is 1.70. The molecular weight excluding hydrogens is 318 g/mol. The van der Waals surface area contributed by atoms with Crippen molar-refractivity contribution in [3.63, 3.8) is 0 Å². The van der Waals surface area contributed by atoms with Gasteiger partial charge in [0.25, 0.3) is 0 Å². The average Bonchev–Trinajstić information content (AvgIpc) is 2.92. The van der Waals surface area contributed by atoms with E-state index in [1.165, 1.54) is 10.5 Å². The van der Waals surface area contributed by atoms with Crippen LogP contribution in [-0.2, 0) is 0 Å². The molecule has 0 aliphatic heterocycles. The molecule has 0 radical (unpaired) electrons. The van der Waals surface area contributed by atoms with Crippen LogP contribution in [-0.4, -0.2) is 33.0 Å². The van der Waals surface area contributed by atoms with Crippen LogP contribution in [0.15, 0.2) is 41.4 Å². The molecule has 0 aliphatic rings. The van der Waals surface area contributed by atoms with Gasteiger partial charge in [0.2, 0.25) is 0 Å². The number of hydrogen-bond donors (Lipinski definition) is 1. The Morgan fingerprint density at radius 3 is 2.50 bits per heavy atom.